The molecular weight excluding hydrogens is 372 g/mol. The summed E-state index contributed by atoms with van der Waals surface area (Å²) in [6.45, 7) is 7.21. The van der Waals surface area contributed by atoms with Gasteiger partial charge in [0.25, 0.3) is 0 Å². The van der Waals surface area contributed by atoms with Gasteiger partial charge in [-0.3, -0.25) is 0 Å². The Morgan fingerprint density at radius 3 is 1.39 bits per heavy atom. The van der Waals surface area contributed by atoms with Gasteiger partial charge >= 0.3 is 0 Å². The molecule has 1 aromatic carbocycles. The SMILES string of the molecule is CC(C)(C)c1cccc([C+](C23CC4CC(CC(C4)C2)C3)C23CC4CC(CC(C4)C2)C3)c1. The van der Waals surface area contributed by atoms with Crippen molar-refractivity contribution in [2.45, 2.75) is 103 Å². The summed E-state index contributed by atoms with van der Waals surface area (Å²) in [6, 6.07) is 10.0. The van der Waals surface area contributed by atoms with E-state index >= 15 is 0 Å². The van der Waals surface area contributed by atoms with Crippen molar-refractivity contribution in [2.24, 2.45) is 46.3 Å². The van der Waals surface area contributed by atoms with Crippen LogP contribution in [0, 0.1) is 52.3 Å². The maximum Gasteiger partial charge on any atom is 0.134 e. The average Bonchev–Trinajstić information content (AvgIpc) is 2.65. The highest BCUT2D eigenvalue weighted by Gasteiger charge is 2.66. The maximum atomic E-state index is 2.67. The van der Waals surface area contributed by atoms with Crippen molar-refractivity contribution in [3.05, 3.63) is 41.3 Å². The molecule has 8 saturated carbocycles. The molecule has 0 heterocycles. The Bertz CT molecular complexity index is 752. The van der Waals surface area contributed by atoms with Crippen LogP contribution in [0.3, 0.4) is 0 Å². The van der Waals surface area contributed by atoms with Crippen LogP contribution in [0.4, 0.5) is 0 Å². The van der Waals surface area contributed by atoms with E-state index in [4.69, 9.17) is 0 Å². The lowest BCUT2D eigenvalue weighted by atomic mass is 9.37. The van der Waals surface area contributed by atoms with Crippen molar-refractivity contribution in [3.8, 4) is 0 Å². The van der Waals surface area contributed by atoms with E-state index in [-0.39, 0.29) is 5.41 Å². The number of benzene rings is 1. The van der Waals surface area contributed by atoms with Gasteiger partial charge in [-0.15, -0.1) is 0 Å². The predicted octanol–water partition coefficient (Wildman–Crippen LogP) is 8.34. The number of rotatable bonds is 3. The van der Waals surface area contributed by atoms with Gasteiger partial charge in [-0.25, -0.2) is 0 Å². The lowest BCUT2D eigenvalue weighted by Gasteiger charge is -2.64. The average molecular weight is 416 g/mol. The van der Waals surface area contributed by atoms with Crippen molar-refractivity contribution in [1.29, 1.82) is 0 Å². The highest BCUT2D eigenvalue weighted by Crippen LogP contribution is 2.73. The molecule has 0 saturated heterocycles. The minimum Gasteiger partial charge on any atom is -0.0549 e. The third kappa shape index (κ3) is 2.95. The molecule has 9 rings (SSSR count). The van der Waals surface area contributed by atoms with Crippen molar-refractivity contribution in [2.75, 3.05) is 0 Å². The monoisotopic (exact) mass is 415 g/mol. The Labute approximate surface area is 191 Å². The highest BCUT2D eigenvalue weighted by atomic mass is 14.7. The summed E-state index contributed by atoms with van der Waals surface area (Å²) in [5.74, 6) is 8.29. The summed E-state index contributed by atoms with van der Waals surface area (Å²) in [5, 5.41) is 0. The molecule has 8 bridgehead atoms. The van der Waals surface area contributed by atoms with E-state index in [1.807, 2.05) is 5.92 Å². The maximum absolute atomic E-state index is 2.67. The molecule has 8 aliphatic rings. The van der Waals surface area contributed by atoms with E-state index in [2.05, 4.69) is 45.0 Å². The van der Waals surface area contributed by atoms with Crippen molar-refractivity contribution < 1.29 is 0 Å². The van der Waals surface area contributed by atoms with Gasteiger partial charge in [0.15, 0.2) is 0 Å². The lowest BCUT2D eigenvalue weighted by molar-refractivity contribution is -0.0988. The van der Waals surface area contributed by atoms with Crippen LogP contribution in [-0.2, 0) is 5.41 Å². The van der Waals surface area contributed by atoms with Crippen LogP contribution in [-0.4, -0.2) is 0 Å². The molecule has 0 unspecified atom stereocenters. The van der Waals surface area contributed by atoms with E-state index < -0.39 is 0 Å². The molecule has 0 radical (unpaired) electrons. The van der Waals surface area contributed by atoms with Crippen LogP contribution in [0.2, 0.25) is 0 Å². The second kappa shape index (κ2) is 6.36. The van der Waals surface area contributed by atoms with Gasteiger partial charge in [-0.05, 0) is 130 Å². The second-order valence-corrected chi connectivity index (χ2v) is 14.6. The predicted molar refractivity (Wildman–Crippen MR) is 129 cm³/mol. The Kier molecular flexibility index (Phi) is 4.01. The molecule has 166 valence electrons. The summed E-state index contributed by atoms with van der Waals surface area (Å²) < 4.78 is 0. The zero-order valence-corrected chi connectivity index (χ0v) is 20.3. The van der Waals surface area contributed by atoms with E-state index in [0.717, 1.165) is 35.5 Å². The minimum atomic E-state index is 0.240. The van der Waals surface area contributed by atoms with Crippen molar-refractivity contribution in [3.63, 3.8) is 0 Å². The fourth-order valence-electron chi connectivity index (χ4n) is 11.1. The zero-order chi connectivity index (χ0) is 21.0. The van der Waals surface area contributed by atoms with Gasteiger partial charge in [0.1, 0.15) is 5.56 Å². The van der Waals surface area contributed by atoms with Crippen LogP contribution in [0.5, 0.6) is 0 Å². The molecule has 0 amide bonds. The largest absolute Gasteiger partial charge is 0.134 e. The van der Waals surface area contributed by atoms with Crippen LogP contribution in [0.15, 0.2) is 24.3 Å². The molecule has 8 fully saturated rings. The minimum absolute atomic E-state index is 0.240. The summed E-state index contributed by atoms with van der Waals surface area (Å²) in [7, 11) is 0. The van der Waals surface area contributed by atoms with Gasteiger partial charge in [0.2, 0.25) is 0 Å². The van der Waals surface area contributed by atoms with Crippen molar-refractivity contribution >= 4 is 0 Å². The summed E-state index contributed by atoms with van der Waals surface area (Å²) in [6.07, 6.45) is 18.6. The number of hydrogen-bond donors (Lipinski definition) is 0. The molecule has 8 aliphatic carbocycles. The Hall–Kier alpha value is -0.910. The smallest absolute Gasteiger partial charge is 0.0549 e. The first-order valence-electron chi connectivity index (χ1n) is 13.8. The molecule has 0 nitrogen and oxygen atoms in total. The van der Waals surface area contributed by atoms with Gasteiger partial charge in [0.05, 0.1) is 0 Å². The third-order valence-corrected chi connectivity index (χ3v) is 11.2. The van der Waals surface area contributed by atoms with Gasteiger partial charge in [-0.2, -0.15) is 0 Å². The summed E-state index contributed by atoms with van der Waals surface area (Å²) >= 11 is 0. The van der Waals surface area contributed by atoms with Gasteiger partial charge in [-0.1, -0.05) is 20.8 Å². The standard InChI is InChI=1S/C31H43/c1-29(2,3)27-6-4-5-26(13-27)28(30-14-20-7-21(15-30)9-22(8-20)16-30)31-17-23-10-24(18-31)12-25(11-23)19-31/h4-6,13,20-25H,7-12,14-19H2,1-3H3/q+1. The van der Waals surface area contributed by atoms with E-state index in [0.29, 0.717) is 10.8 Å². The molecule has 0 aromatic heterocycles. The molecule has 0 heteroatoms. The zero-order valence-electron chi connectivity index (χ0n) is 20.3. The molecule has 0 aliphatic heterocycles. The fraction of sp³-hybridized carbons (Fsp3) is 0.774. The van der Waals surface area contributed by atoms with Crippen LogP contribution >= 0.6 is 0 Å². The van der Waals surface area contributed by atoms with E-state index in [1.54, 1.807) is 49.7 Å². The summed E-state index contributed by atoms with van der Waals surface area (Å²) in [4.78, 5) is 0. The molecule has 0 spiro atoms. The molecule has 31 heavy (non-hydrogen) atoms. The highest BCUT2D eigenvalue weighted by molar-refractivity contribution is 5.45. The van der Waals surface area contributed by atoms with Gasteiger partial charge in [0, 0.05) is 34.4 Å². The first-order chi connectivity index (χ1) is 14.8. The first-order valence-corrected chi connectivity index (χ1v) is 13.8. The van der Waals surface area contributed by atoms with Crippen LogP contribution < -0.4 is 0 Å². The normalized spacial score (nSPS) is 47.2. The van der Waals surface area contributed by atoms with Crippen LogP contribution in [0.1, 0.15) is 109 Å². The Balaban J connectivity index is 1.38. The topological polar surface area (TPSA) is 0 Å². The fourth-order valence-corrected chi connectivity index (χ4v) is 11.1. The first kappa shape index (κ1) is 19.5. The van der Waals surface area contributed by atoms with E-state index in [1.165, 1.54) is 38.5 Å². The number of hydrogen-bond acceptors (Lipinski definition) is 0. The summed E-state index contributed by atoms with van der Waals surface area (Å²) in [5.41, 5.74) is 4.59. The lowest BCUT2D eigenvalue weighted by Crippen LogP contribution is -2.57. The van der Waals surface area contributed by atoms with Crippen LogP contribution in [0.25, 0.3) is 0 Å². The molecule has 0 N–H and O–H groups in total. The third-order valence-electron chi connectivity index (χ3n) is 11.2. The quantitative estimate of drug-likeness (QED) is 0.435. The van der Waals surface area contributed by atoms with Crippen molar-refractivity contribution in [1.82, 2.24) is 0 Å². The molecule has 0 atom stereocenters. The Morgan fingerprint density at radius 1 is 0.645 bits per heavy atom. The van der Waals surface area contributed by atoms with E-state index in [9.17, 15) is 0 Å². The Morgan fingerprint density at radius 2 is 1.03 bits per heavy atom. The molecule has 1 aromatic rings. The van der Waals surface area contributed by atoms with Gasteiger partial charge < -0.3 is 0 Å². The molecular formula is C31H43+. The second-order valence-electron chi connectivity index (χ2n) is 14.6.